The van der Waals surface area contributed by atoms with Crippen molar-refractivity contribution in [3.8, 4) is 0 Å². The van der Waals surface area contributed by atoms with Crippen molar-refractivity contribution in [2.24, 2.45) is 0 Å². The van der Waals surface area contributed by atoms with Crippen molar-refractivity contribution in [3.63, 3.8) is 0 Å². The second-order valence-electron chi connectivity index (χ2n) is 3.49. The second kappa shape index (κ2) is 5.62. The van der Waals surface area contributed by atoms with E-state index in [4.69, 9.17) is 0 Å². The fraction of sp³-hybridized carbons (Fsp3) is 0.273. The lowest BCUT2D eigenvalue weighted by Crippen LogP contribution is -2.04. The molecule has 0 fully saturated rings. The molecule has 0 atom stereocenters. The molecule has 2 aromatic rings. The first-order chi connectivity index (χ1) is 8.60. The summed E-state index contributed by atoms with van der Waals surface area (Å²) >= 11 is 2.51. The highest BCUT2D eigenvalue weighted by Crippen LogP contribution is 2.32. The van der Waals surface area contributed by atoms with Crippen LogP contribution in [-0.2, 0) is 0 Å². The Morgan fingerprint density at radius 2 is 2.11 bits per heavy atom. The molecule has 18 heavy (non-hydrogen) atoms. The van der Waals surface area contributed by atoms with Gasteiger partial charge in [-0.15, -0.1) is 11.3 Å². The van der Waals surface area contributed by atoms with Crippen LogP contribution in [0.5, 0.6) is 0 Å². The summed E-state index contributed by atoms with van der Waals surface area (Å²) < 4.78 is 27.6. The number of hydrogen-bond donors (Lipinski definition) is 1. The Morgan fingerprint density at radius 1 is 1.33 bits per heavy atom. The third-order valence-corrected chi connectivity index (χ3v) is 4.06. The SMILES string of the molecule is CCNc1nc(Sc2nc(C)cs2)c(F)cc1F. The van der Waals surface area contributed by atoms with Crippen LogP contribution in [0.3, 0.4) is 0 Å². The van der Waals surface area contributed by atoms with Crippen molar-refractivity contribution in [2.75, 3.05) is 11.9 Å². The molecule has 1 N–H and O–H groups in total. The van der Waals surface area contributed by atoms with Gasteiger partial charge in [0.25, 0.3) is 0 Å². The topological polar surface area (TPSA) is 37.8 Å². The van der Waals surface area contributed by atoms with E-state index in [9.17, 15) is 8.78 Å². The molecule has 7 heteroatoms. The molecule has 0 aromatic carbocycles. The number of hydrogen-bond acceptors (Lipinski definition) is 5. The summed E-state index contributed by atoms with van der Waals surface area (Å²) in [6.07, 6.45) is 0. The van der Waals surface area contributed by atoms with E-state index in [1.165, 1.54) is 11.3 Å². The zero-order chi connectivity index (χ0) is 13.1. The Bertz CT molecular complexity index is 557. The van der Waals surface area contributed by atoms with Crippen molar-refractivity contribution >= 4 is 28.9 Å². The fourth-order valence-electron chi connectivity index (χ4n) is 1.27. The molecule has 0 aliphatic rings. The lowest BCUT2D eigenvalue weighted by Gasteiger charge is -2.06. The summed E-state index contributed by atoms with van der Waals surface area (Å²) in [5, 5.41) is 4.75. The average Bonchev–Trinajstić information content (AvgIpc) is 2.71. The summed E-state index contributed by atoms with van der Waals surface area (Å²) in [4.78, 5) is 8.14. The van der Waals surface area contributed by atoms with Gasteiger partial charge in [-0.2, -0.15) is 0 Å². The van der Waals surface area contributed by atoms with Crippen molar-refractivity contribution in [1.29, 1.82) is 0 Å². The zero-order valence-electron chi connectivity index (χ0n) is 9.83. The molecular weight excluding hydrogens is 276 g/mol. The van der Waals surface area contributed by atoms with Gasteiger partial charge in [0.1, 0.15) is 5.03 Å². The first kappa shape index (κ1) is 13.2. The van der Waals surface area contributed by atoms with Gasteiger partial charge in [0.2, 0.25) is 0 Å². The summed E-state index contributed by atoms with van der Waals surface area (Å²) in [5.41, 5.74) is 0.872. The van der Waals surface area contributed by atoms with Crippen LogP contribution < -0.4 is 5.32 Å². The minimum Gasteiger partial charge on any atom is -0.368 e. The maximum atomic E-state index is 13.6. The maximum Gasteiger partial charge on any atom is 0.168 e. The molecule has 0 aliphatic carbocycles. The third-order valence-electron chi connectivity index (χ3n) is 2.02. The monoisotopic (exact) mass is 287 g/mol. The average molecular weight is 287 g/mol. The number of rotatable bonds is 4. The summed E-state index contributed by atoms with van der Waals surface area (Å²) in [6.45, 7) is 4.20. The second-order valence-corrected chi connectivity index (χ2v) is 5.59. The molecule has 0 spiro atoms. The Hall–Kier alpha value is -1.21. The van der Waals surface area contributed by atoms with Crippen LogP contribution in [0.25, 0.3) is 0 Å². The summed E-state index contributed by atoms with van der Waals surface area (Å²) in [7, 11) is 0. The van der Waals surface area contributed by atoms with Gasteiger partial charge in [-0.3, -0.25) is 0 Å². The Balaban J connectivity index is 2.29. The third kappa shape index (κ3) is 2.97. The van der Waals surface area contributed by atoms with E-state index in [-0.39, 0.29) is 10.8 Å². The largest absolute Gasteiger partial charge is 0.368 e. The number of nitrogens with zero attached hydrogens (tertiary/aromatic N) is 2. The molecule has 96 valence electrons. The molecule has 0 aliphatic heterocycles. The van der Waals surface area contributed by atoms with E-state index in [1.54, 1.807) is 0 Å². The van der Waals surface area contributed by atoms with Gasteiger partial charge in [-0.25, -0.2) is 18.7 Å². The highest BCUT2D eigenvalue weighted by Gasteiger charge is 2.14. The molecule has 0 amide bonds. The first-order valence-corrected chi connectivity index (χ1v) is 6.99. The van der Waals surface area contributed by atoms with Crippen molar-refractivity contribution in [2.45, 2.75) is 23.2 Å². The van der Waals surface area contributed by atoms with Gasteiger partial charge >= 0.3 is 0 Å². The molecule has 0 unspecified atom stereocenters. The van der Waals surface area contributed by atoms with E-state index in [0.29, 0.717) is 10.9 Å². The van der Waals surface area contributed by atoms with E-state index in [2.05, 4.69) is 15.3 Å². The van der Waals surface area contributed by atoms with E-state index in [1.807, 2.05) is 19.2 Å². The molecule has 0 radical (unpaired) electrons. The van der Waals surface area contributed by atoms with Gasteiger partial charge in [-0.1, -0.05) is 0 Å². The molecule has 3 nitrogen and oxygen atoms in total. The van der Waals surface area contributed by atoms with Crippen LogP contribution in [0.4, 0.5) is 14.6 Å². The molecule has 2 rings (SSSR count). The number of aromatic nitrogens is 2. The van der Waals surface area contributed by atoms with Gasteiger partial charge in [0, 0.05) is 23.7 Å². The van der Waals surface area contributed by atoms with Gasteiger partial charge in [-0.05, 0) is 25.6 Å². The molecule has 2 aromatic heterocycles. The minimum atomic E-state index is -0.686. The lowest BCUT2D eigenvalue weighted by molar-refractivity contribution is 0.551. The van der Waals surface area contributed by atoms with E-state index in [0.717, 1.165) is 23.5 Å². The highest BCUT2D eigenvalue weighted by atomic mass is 32.2. The van der Waals surface area contributed by atoms with Crippen LogP contribution in [-0.4, -0.2) is 16.5 Å². The number of halogens is 2. The smallest absolute Gasteiger partial charge is 0.168 e. The molecule has 2 heterocycles. The standard InChI is InChI=1S/C11H11F2N3S2/c1-3-14-9-7(12)4-8(13)10(16-9)18-11-15-6(2)5-17-11/h4-5H,3H2,1-2H3,(H,14,16). The minimum absolute atomic E-state index is 0.0645. The van der Waals surface area contributed by atoms with E-state index >= 15 is 0 Å². The zero-order valence-corrected chi connectivity index (χ0v) is 11.5. The molecule has 0 saturated heterocycles. The summed E-state index contributed by atoms with van der Waals surface area (Å²) in [6, 6.07) is 0.841. The number of anilines is 1. The van der Waals surface area contributed by atoms with Crippen molar-refractivity contribution < 1.29 is 8.78 Å². The van der Waals surface area contributed by atoms with Crippen LogP contribution in [0, 0.1) is 18.6 Å². The predicted molar refractivity (Wildman–Crippen MR) is 69.3 cm³/mol. The maximum absolute atomic E-state index is 13.6. The highest BCUT2D eigenvalue weighted by molar-refractivity contribution is 8.01. The first-order valence-electron chi connectivity index (χ1n) is 5.30. The number of pyridine rings is 1. The quantitative estimate of drug-likeness (QED) is 0.930. The van der Waals surface area contributed by atoms with Crippen LogP contribution in [0.1, 0.15) is 12.6 Å². The van der Waals surface area contributed by atoms with Crippen molar-refractivity contribution in [1.82, 2.24) is 9.97 Å². The lowest BCUT2D eigenvalue weighted by atomic mass is 10.4. The van der Waals surface area contributed by atoms with Gasteiger partial charge in [0.05, 0.1) is 0 Å². The fourth-order valence-corrected chi connectivity index (χ4v) is 3.02. The van der Waals surface area contributed by atoms with Gasteiger partial charge < -0.3 is 5.32 Å². The summed E-state index contributed by atoms with van der Waals surface area (Å²) in [5.74, 6) is -1.30. The van der Waals surface area contributed by atoms with Gasteiger partial charge in [0.15, 0.2) is 21.8 Å². The van der Waals surface area contributed by atoms with Crippen LogP contribution in [0.15, 0.2) is 20.8 Å². The Labute approximate surface area is 112 Å². The van der Waals surface area contributed by atoms with Crippen LogP contribution in [0.2, 0.25) is 0 Å². The molecule has 0 bridgehead atoms. The number of aryl methyl sites for hydroxylation is 1. The predicted octanol–water partition coefficient (Wildman–Crippen LogP) is 3.71. The molecular formula is C11H11F2N3S2. The normalized spacial score (nSPS) is 10.7. The number of thiazole rings is 1. The Kier molecular flexibility index (Phi) is 4.13. The van der Waals surface area contributed by atoms with Crippen LogP contribution >= 0.6 is 23.1 Å². The van der Waals surface area contributed by atoms with E-state index < -0.39 is 11.6 Å². The Morgan fingerprint density at radius 3 is 2.72 bits per heavy atom. The van der Waals surface area contributed by atoms with Crippen molar-refractivity contribution in [3.05, 3.63) is 28.8 Å². The number of nitrogens with one attached hydrogen (secondary N) is 1. The molecule has 0 saturated carbocycles.